The highest BCUT2D eigenvalue weighted by Crippen LogP contribution is 2.19. The maximum atomic E-state index is 3.93. The molecule has 1 heterocycles. The maximum Gasteiger partial charge on any atom is 0.143 e. The second-order valence-electron chi connectivity index (χ2n) is 4.55. The Balaban J connectivity index is 2.09. The molecule has 5 nitrogen and oxygen atoms in total. The topological polar surface area (TPSA) is 55.6 Å². The molecule has 0 radical (unpaired) electrons. The number of anilines is 1. The number of aromatic nitrogens is 4. The molecule has 1 aromatic heterocycles. The highest BCUT2D eigenvalue weighted by molar-refractivity contribution is 5.60. The molecule has 2 aromatic rings. The van der Waals surface area contributed by atoms with Gasteiger partial charge in [0.2, 0.25) is 0 Å². The Morgan fingerprint density at radius 3 is 2.89 bits per heavy atom. The van der Waals surface area contributed by atoms with Crippen LogP contribution in [0.2, 0.25) is 0 Å². The van der Waals surface area contributed by atoms with Crippen molar-refractivity contribution in [2.45, 2.75) is 26.7 Å². The summed E-state index contributed by atoms with van der Waals surface area (Å²) in [6.45, 7) is 5.44. The standard InChI is InChI=1S/C13H19N5/c1-3-6-11(2)9-14-12-7-4-5-8-13(12)18-10-15-16-17-18/h4-5,7-8,10-11,14H,3,6,9H2,1-2H3. The predicted molar refractivity (Wildman–Crippen MR) is 71.7 cm³/mol. The third-order valence-electron chi connectivity index (χ3n) is 2.92. The van der Waals surface area contributed by atoms with Crippen molar-refractivity contribution in [3.63, 3.8) is 0 Å². The minimum Gasteiger partial charge on any atom is -0.383 e. The van der Waals surface area contributed by atoms with Crippen LogP contribution in [-0.2, 0) is 0 Å². The summed E-state index contributed by atoms with van der Waals surface area (Å²) in [6, 6.07) is 8.05. The second kappa shape index (κ2) is 6.14. The monoisotopic (exact) mass is 245 g/mol. The zero-order chi connectivity index (χ0) is 12.8. The van der Waals surface area contributed by atoms with Crippen LogP contribution >= 0.6 is 0 Å². The molecule has 0 aliphatic heterocycles. The van der Waals surface area contributed by atoms with Crippen LogP contribution in [0.3, 0.4) is 0 Å². The average molecular weight is 245 g/mol. The molecule has 1 unspecified atom stereocenters. The minimum atomic E-state index is 0.664. The summed E-state index contributed by atoms with van der Waals surface area (Å²) in [5.74, 6) is 0.664. The van der Waals surface area contributed by atoms with Gasteiger partial charge in [0, 0.05) is 6.54 Å². The van der Waals surface area contributed by atoms with E-state index in [9.17, 15) is 0 Å². The van der Waals surface area contributed by atoms with E-state index in [1.54, 1.807) is 11.0 Å². The Morgan fingerprint density at radius 2 is 2.17 bits per heavy atom. The molecular weight excluding hydrogens is 226 g/mol. The quantitative estimate of drug-likeness (QED) is 0.849. The van der Waals surface area contributed by atoms with Crippen molar-refractivity contribution in [3.8, 4) is 5.69 Å². The van der Waals surface area contributed by atoms with Crippen LogP contribution in [0.4, 0.5) is 5.69 Å². The largest absolute Gasteiger partial charge is 0.383 e. The average Bonchev–Trinajstić information content (AvgIpc) is 2.91. The van der Waals surface area contributed by atoms with E-state index < -0.39 is 0 Å². The lowest BCUT2D eigenvalue weighted by molar-refractivity contribution is 0.550. The molecule has 18 heavy (non-hydrogen) atoms. The number of tetrazole rings is 1. The lowest BCUT2D eigenvalue weighted by Gasteiger charge is -2.15. The van der Waals surface area contributed by atoms with Gasteiger partial charge in [-0.15, -0.1) is 5.10 Å². The van der Waals surface area contributed by atoms with Gasteiger partial charge >= 0.3 is 0 Å². The van der Waals surface area contributed by atoms with Gasteiger partial charge in [-0.3, -0.25) is 0 Å². The van der Waals surface area contributed by atoms with E-state index in [2.05, 4.69) is 40.8 Å². The Labute approximate surface area is 107 Å². The molecule has 0 fully saturated rings. The third kappa shape index (κ3) is 3.06. The van der Waals surface area contributed by atoms with Crippen molar-refractivity contribution in [2.75, 3.05) is 11.9 Å². The smallest absolute Gasteiger partial charge is 0.143 e. The van der Waals surface area contributed by atoms with Crippen LogP contribution in [-0.4, -0.2) is 26.8 Å². The zero-order valence-electron chi connectivity index (χ0n) is 10.9. The first-order valence-corrected chi connectivity index (χ1v) is 6.37. The fourth-order valence-electron chi connectivity index (χ4n) is 1.97. The number of hydrogen-bond acceptors (Lipinski definition) is 4. The van der Waals surface area contributed by atoms with Crippen molar-refractivity contribution in [1.82, 2.24) is 20.2 Å². The van der Waals surface area contributed by atoms with Crippen molar-refractivity contribution >= 4 is 5.69 Å². The van der Waals surface area contributed by atoms with Crippen molar-refractivity contribution in [2.24, 2.45) is 5.92 Å². The first kappa shape index (κ1) is 12.5. The van der Waals surface area contributed by atoms with Gasteiger partial charge < -0.3 is 5.32 Å². The third-order valence-corrected chi connectivity index (χ3v) is 2.92. The molecule has 1 atom stereocenters. The van der Waals surface area contributed by atoms with Crippen LogP contribution in [0.25, 0.3) is 5.69 Å². The molecule has 0 aliphatic rings. The second-order valence-corrected chi connectivity index (χ2v) is 4.55. The fourth-order valence-corrected chi connectivity index (χ4v) is 1.97. The fraction of sp³-hybridized carbons (Fsp3) is 0.462. The predicted octanol–water partition coefficient (Wildman–Crippen LogP) is 2.51. The lowest BCUT2D eigenvalue weighted by atomic mass is 10.1. The van der Waals surface area contributed by atoms with Crippen molar-refractivity contribution in [1.29, 1.82) is 0 Å². The normalized spacial score (nSPS) is 12.3. The molecule has 1 N–H and O–H groups in total. The summed E-state index contributed by atoms with van der Waals surface area (Å²) in [5.41, 5.74) is 2.04. The lowest BCUT2D eigenvalue weighted by Crippen LogP contribution is -2.12. The summed E-state index contributed by atoms with van der Waals surface area (Å²) >= 11 is 0. The molecule has 5 heteroatoms. The number of benzene rings is 1. The van der Waals surface area contributed by atoms with Gasteiger partial charge in [0.05, 0.1) is 11.4 Å². The summed E-state index contributed by atoms with van der Waals surface area (Å²) in [7, 11) is 0. The van der Waals surface area contributed by atoms with E-state index in [4.69, 9.17) is 0 Å². The first-order chi connectivity index (χ1) is 8.81. The highest BCUT2D eigenvalue weighted by Gasteiger charge is 2.06. The summed E-state index contributed by atoms with van der Waals surface area (Å²) < 4.78 is 1.67. The van der Waals surface area contributed by atoms with E-state index in [0.717, 1.165) is 17.9 Å². The zero-order valence-corrected chi connectivity index (χ0v) is 10.9. The molecule has 0 bridgehead atoms. The van der Waals surface area contributed by atoms with Crippen molar-refractivity contribution in [3.05, 3.63) is 30.6 Å². The van der Waals surface area contributed by atoms with Gasteiger partial charge in [0.1, 0.15) is 6.33 Å². The van der Waals surface area contributed by atoms with Crippen LogP contribution in [0.5, 0.6) is 0 Å². The van der Waals surface area contributed by atoms with Crippen molar-refractivity contribution < 1.29 is 0 Å². The number of hydrogen-bond donors (Lipinski definition) is 1. The van der Waals surface area contributed by atoms with Gasteiger partial charge in [-0.05, 0) is 34.9 Å². The molecule has 0 amide bonds. The van der Waals surface area contributed by atoms with E-state index in [0.29, 0.717) is 5.92 Å². The minimum absolute atomic E-state index is 0.664. The van der Waals surface area contributed by atoms with E-state index in [1.165, 1.54) is 12.8 Å². The van der Waals surface area contributed by atoms with Crippen LogP contribution < -0.4 is 5.32 Å². The molecule has 0 saturated heterocycles. The Hall–Kier alpha value is -1.91. The van der Waals surface area contributed by atoms with Crippen LogP contribution in [0.1, 0.15) is 26.7 Å². The molecule has 0 saturated carbocycles. The molecule has 0 spiro atoms. The van der Waals surface area contributed by atoms with Gasteiger partial charge in [0.15, 0.2) is 0 Å². The summed E-state index contributed by atoms with van der Waals surface area (Å²) in [5, 5.41) is 14.7. The molecule has 2 rings (SSSR count). The molecule has 96 valence electrons. The van der Waals surface area contributed by atoms with Gasteiger partial charge in [-0.1, -0.05) is 32.4 Å². The highest BCUT2D eigenvalue weighted by atomic mass is 15.5. The number of nitrogens with one attached hydrogen (secondary N) is 1. The van der Waals surface area contributed by atoms with E-state index >= 15 is 0 Å². The van der Waals surface area contributed by atoms with Gasteiger partial charge in [-0.25, -0.2) is 0 Å². The van der Waals surface area contributed by atoms with Gasteiger partial charge in [0.25, 0.3) is 0 Å². The van der Waals surface area contributed by atoms with Crippen LogP contribution in [0, 0.1) is 5.92 Å². The molecule has 1 aromatic carbocycles. The number of para-hydroxylation sites is 2. The number of nitrogens with zero attached hydrogens (tertiary/aromatic N) is 4. The van der Waals surface area contributed by atoms with Gasteiger partial charge in [-0.2, -0.15) is 4.68 Å². The summed E-state index contributed by atoms with van der Waals surface area (Å²) in [6.07, 6.45) is 4.06. The number of rotatable bonds is 6. The molecular formula is C13H19N5. The Kier molecular flexibility index (Phi) is 4.28. The Bertz CT molecular complexity index is 466. The first-order valence-electron chi connectivity index (χ1n) is 6.37. The van der Waals surface area contributed by atoms with E-state index in [1.807, 2.05) is 18.2 Å². The van der Waals surface area contributed by atoms with E-state index in [-0.39, 0.29) is 0 Å². The Morgan fingerprint density at radius 1 is 1.33 bits per heavy atom. The summed E-state index contributed by atoms with van der Waals surface area (Å²) in [4.78, 5) is 0. The van der Waals surface area contributed by atoms with Crippen LogP contribution in [0.15, 0.2) is 30.6 Å². The maximum absolute atomic E-state index is 3.93. The molecule has 0 aliphatic carbocycles. The SMILES string of the molecule is CCCC(C)CNc1ccccc1-n1cnnn1.